The number of hydrogen-bond donors (Lipinski definition) is 0. The molecule has 0 fully saturated rings. The number of rotatable bonds is 0. The number of halogens is 2. The molecule has 0 atom stereocenters. The van der Waals surface area contributed by atoms with Gasteiger partial charge < -0.3 is 30.3 Å². The van der Waals surface area contributed by atoms with Gasteiger partial charge in [0.1, 0.15) is 0 Å². The van der Waals surface area contributed by atoms with Gasteiger partial charge in [-0.1, -0.05) is 0 Å². The molecule has 4 heteroatoms. The predicted molar refractivity (Wildman–Crippen MR) is 3.61 cm³/mol. The van der Waals surface area contributed by atoms with E-state index < -0.39 is 0 Å². The average Bonchev–Trinajstić information content (AvgIpc) is 0. The van der Waals surface area contributed by atoms with Crippen molar-refractivity contribution in [3.63, 3.8) is 0 Å². The largest absolute Gasteiger partial charge is 3.00 e. The topological polar surface area (TPSA) is 31.5 Å². The fraction of sp³-hybridized carbons (Fsp3) is 0. The summed E-state index contributed by atoms with van der Waals surface area (Å²) in [6.07, 6.45) is 0. The maximum absolute atomic E-state index is 0. The Labute approximate surface area is 48.0 Å². The van der Waals surface area contributed by atoms with Gasteiger partial charge in [0.05, 0.1) is 0 Å². The normalized spacial score (nSPS) is 0. The molecule has 0 aliphatic rings. The molecule has 0 aliphatic carbocycles. The molecule has 0 saturated heterocycles. The average molecular weight is 141 g/mol. The van der Waals surface area contributed by atoms with Crippen LogP contribution in [-0.4, -0.2) is 5.48 Å². The third kappa shape index (κ3) is 11.5. The van der Waals surface area contributed by atoms with E-state index in [1.165, 1.54) is 0 Å². The van der Waals surface area contributed by atoms with Crippen LogP contribution in [0.25, 0.3) is 0 Å². The molecule has 0 rings (SSSR count). The third-order valence-electron chi connectivity index (χ3n) is 0. The van der Waals surface area contributed by atoms with Crippen LogP contribution >= 0.6 is 0 Å². The Bertz CT molecular complexity index is 6.00. The molecular weight excluding hydrogens is 139 g/mol. The summed E-state index contributed by atoms with van der Waals surface area (Å²) >= 11 is 0. The Hall–Kier alpha value is 1.07. The first-order chi connectivity index (χ1) is 0. The minimum Gasteiger partial charge on any atom is -1.00 e. The van der Waals surface area contributed by atoms with Crippen molar-refractivity contribution in [3.05, 3.63) is 0 Å². The van der Waals surface area contributed by atoms with E-state index in [0.717, 1.165) is 0 Å². The van der Waals surface area contributed by atoms with Crippen molar-refractivity contribution < 1.29 is 47.7 Å². The first-order valence-corrected chi connectivity index (χ1v) is 0. The van der Waals surface area contributed by atoms with Gasteiger partial charge in [-0.05, 0) is 0 Å². The summed E-state index contributed by atoms with van der Waals surface area (Å²) in [5, 5.41) is 0. The van der Waals surface area contributed by atoms with Crippen LogP contribution in [0.4, 0.5) is 0 Å². The monoisotopic (exact) mass is 140 g/mol. The first-order valence-electron chi connectivity index (χ1n) is 0. The summed E-state index contributed by atoms with van der Waals surface area (Å²) in [6.45, 7) is 0. The Morgan fingerprint density at radius 1 is 0.750 bits per heavy atom. The molecular formula is H2Cl2CrO+. The van der Waals surface area contributed by atoms with E-state index in [0.29, 0.717) is 0 Å². The molecule has 0 saturated carbocycles. The van der Waals surface area contributed by atoms with Crippen molar-refractivity contribution in [2.45, 2.75) is 0 Å². The maximum Gasteiger partial charge on any atom is 3.00 e. The Kier molecular flexibility index (Phi) is 611. The zero-order valence-electron chi connectivity index (χ0n) is 1.66. The van der Waals surface area contributed by atoms with E-state index in [1.54, 1.807) is 0 Å². The molecule has 0 heterocycles. The Morgan fingerprint density at radius 2 is 0.750 bits per heavy atom. The molecule has 0 unspecified atom stereocenters. The van der Waals surface area contributed by atoms with E-state index in [-0.39, 0.29) is 47.7 Å². The van der Waals surface area contributed by atoms with Crippen molar-refractivity contribution >= 4 is 0 Å². The molecule has 0 bridgehead atoms. The van der Waals surface area contributed by atoms with Crippen molar-refractivity contribution in [2.24, 2.45) is 0 Å². The molecule has 0 aromatic rings. The van der Waals surface area contributed by atoms with Gasteiger partial charge in [-0.2, -0.15) is 0 Å². The fourth-order valence-corrected chi connectivity index (χ4v) is 0. The SMILES string of the molecule is O.[Cl-].[Cl-].[Cr+3]. The van der Waals surface area contributed by atoms with Crippen LogP contribution < -0.4 is 24.8 Å². The van der Waals surface area contributed by atoms with Gasteiger partial charge in [0.15, 0.2) is 0 Å². The van der Waals surface area contributed by atoms with Crippen LogP contribution in [0.3, 0.4) is 0 Å². The quantitative estimate of drug-likeness (QED) is 0.321. The zero-order valence-corrected chi connectivity index (χ0v) is 4.45. The summed E-state index contributed by atoms with van der Waals surface area (Å²) in [4.78, 5) is 0. The van der Waals surface area contributed by atoms with Gasteiger partial charge in [0, 0.05) is 0 Å². The summed E-state index contributed by atoms with van der Waals surface area (Å²) in [5.41, 5.74) is 0. The second-order valence-corrected chi connectivity index (χ2v) is 0. The van der Waals surface area contributed by atoms with Crippen LogP contribution in [0, 0.1) is 0 Å². The summed E-state index contributed by atoms with van der Waals surface area (Å²) in [6, 6.07) is 0. The summed E-state index contributed by atoms with van der Waals surface area (Å²) in [5.74, 6) is 0. The van der Waals surface area contributed by atoms with E-state index in [4.69, 9.17) is 0 Å². The van der Waals surface area contributed by atoms with Crippen molar-refractivity contribution in [2.75, 3.05) is 0 Å². The van der Waals surface area contributed by atoms with E-state index >= 15 is 0 Å². The second kappa shape index (κ2) is 33.4. The van der Waals surface area contributed by atoms with Crippen LogP contribution in [0.1, 0.15) is 0 Å². The molecule has 2 N–H and O–H groups in total. The number of hydrogen-bond acceptors (Lipinski definition) is 0. The first kappa shape index (κ1) is 73.1. The second-order valence-electron chi connectivity index (χ2n) is 0. The Morgan fingerprint density at radius 3 is 0.750 bits per heavy atom. The zero-order chi connectivity index (χ0) is 0. The molecule has 0 spiro atoms. The van der Waals surface area contributed by atoms with E-state index in [2.05, 4.69) is 0 Å². The molecule has 0 aliphatic heterocycles. The van der Waals surface area contributed by atoms with E-state index in [1.807, 2.05) is 0 Å². The minimum absolute atomic E-state index is 0. The smallest absolute Gasteiger partial charge is 1.00 e. The van der Waals surface area contributed by atoms with E-state index in [9.17, 15) is 0 Å². The van der Waals surface area contributed by atoms with Gasteiger partial charge in [-0.15, -0.1) is 0 Å². The van der Waals surface area contributed by atoms with Crippen molar-refractivity contribution in [1.82, 2.24) is 0 Å². The van der Waals surface area contributed by atoms with Crippen LogP contribution in [0.15, 0.2) is 0 Å². The van der Waals surface area contributed by atoms with Crippen LogP contribution in [0.2, 0.25) is 0 Å². The van der Waals surface area contributed by atoms with Gasteiger partial charge in [-0.25, -0.2) is 0 Å². The summed E-state index contributed by atoms with van der Waals surface area (Å²) in [7, 11) is 0. The standard InChI is InChI=1S/2ClH.Cr.H2O/h2*1H;;1H2/q;;+3;/p-2. The van der Waals surface area contributed by atoms with Gasteiger partial charge in [0.25, 0.3) is 0 Å². The van der Waals surface area contributed by atoms with Gasteiger partial charge in [-0.3, -0.25) is 0 Å². The maximum atomic E-state index is 0. The van der Waals surface area contributed by atoms with Crippen LogP contribution in [0.5, 0.6) is 0 Å². The summed E-state index contributed by atoms with van der Waals surface area (Å²) < 4.78 is 0. The molecule has 0 aromatic carbocycles. The minimum atomic E-state index is 0. The van der Waals surface area contributed by atoms with Gasteiger partial charge in [0.2, 0.25) is 0 Å². The van der Waals surface area contributed by atoms with Crippen molar-refractivity contribution in [1.29, 1.82) is 0 Å². The molecule has 27 valence electrons. The van der Waals surface area contributed by atoms with Crippen molar-refractivity contribution in [3.8, 4) is 0 Å². The molecule has 0 amide bonds. The molecule has 4 heavy (non-hydrogen) atoms. The predicted octanol–water partition coefficient (Wildman–Crippen LogP) is -6.82. The fourth-order valence-electron chi connectivity index (χ4n) is 0. The van der Waals surface area contributed by atoms with Crippen LogP contribution in [-0.2, 0) is 17.4 Å². The Balaban J connectivity index is 0. The molecule has 1 radical (unpaired) electrons. The molecule has 1 nitrogen and oxygen atoms in total. The molecule has 0 aromatic heterocycles. The third-order valence-corrected chi connectivity index (χ3v) is 0. The van der Waals surface area contributed by atoms with Gasteiger partial charge >= 0.3 is 17.4 Å².